The Morgan fingerprint density at radius 1 is 0.853 bits per heavy atom. The van der Waals surface area contributed by atoms with Gasteiger partial charge in [0.15, 0.2) is 0 Å². The largest absolute Gasteiger partial charge is 0.418 e. The number of benzene rings is 1. The molecule has 0 spiro atoms. The molecule has 2 aliphatic heterocycles. The molecule has 190 valence electrons. The summed E-state index contributed by atoms with van der Waals surface area (Å²) in [7, 11) is 0. The first-order chi connectivity index (χ1) is 15.8. The van der Waals surface area contributed by atoms with Crippen molar-refractivity contribution in [1.29, 1.82) is 0 Å². The van der Waals surface area contributed by atoms with E-state index in [1.165, 1.54) is 0 Å². The highest BCUT2D eigenvalue weighted by Crippen LogP contribution is 2.42. The minimum Gasteiger partial charge on any atom is -0.398 e. The second-order valence-corrected chi connectivity index (χ2v) is 8.57. The van der Waals surface area contributed by atoms with E-state index in [0.717, 1.165) is 0 Å². The first-order valence-corrected chi connectivity index (χ1v) is 10.9. The molecule has 3 amide bonds. The molecule has 34 heavy (non-hydrogen) atoms. The predicted molar refractivity (Wildman–Crippen MR) is 112 cm³/mol. The van der Waals surface area contributed by atoms with Gasteiger partial charge in [-0.05, 0) is 37.0 Å². The molecule has 7 nitrogen and oxygen atoms in total. The Labute approximate surface area is 192 Å². The topological polar surface area (TPSA) is 95.9 Å². The number of aryl methyl sites for hydroxylation is 1. The summed E-state index contributed by atoms with van der Waals surface area (Å²) in [6.45, 7) is 3.33. The van der Waals surface area contributed by atoms with Gasteiger partial charge in [-0.2, -0.15) is 26.3 Å². The number of piperazine rings is 1. The molecule has 0 bridgehead atoms. The van der Waals surface area contributed by atoms with E-state index < -0.39 is 35.2 Å². The number of anilines is 1. The molecule has 2 fully saturated rings. The quantitative estimate of drug-likeness (QED) is 0.496. The maximum absolute atomic E-state index is 13.2. The number of primary amides is 1. The van der Waals surface area contributed by atoms with Crippen LogP contribution in [0.25, 0.3) is 0 Å². The zero-order valence-corrected chi connectivity index (χ0v) is 18.4. The van der Waals surface area contributed by atoms with Gasteiger partial charge in [0.05, 0.1) is 16.8 Å². The van der Waals surface area contributed by atoms with Gasteiger partial charge in [-0.25, -0.2) is 4.79 Å². The molecule has 0 radical (unpaired) electrons. The van der Waals surface area contributed by atoms with Crippen LogP contribution >= 0.6 is 0 Å². The second-order valence-electron chi connectivity index (χ2n) is 8.57. The standard InChI is InChI=1S/C21H27F6N5O2/c22-20(23,24)15-11-13(12-16(18(15)28)21(25,26)27)1-2-17(33)31-5-3-14(4-6-31)30-7-9-32(10-8-30)19(29)34/h11-12,14H,1-10,28H2,(H2,29,34). The zero-order chi connectivity index (χ0) is 25.3. The lowest BCUT2D eigenvalue weighted by Crippen LogP contribution is -2.55. The van der Waals surface area contributed by atoms with Crippen LogP contribution in [0, 0.1) is 0 Å². The van der Waals surface area contributed by atoms with E-state index >= 15 is 0 Å². The number of piperidine rings is 1. The van der Waals surface area contributed by atoms with E-state index in [1.54, 1.807) is 9.80 Å². The van der Waals surface area contributed by atoms with E-state index in [1.807, 2.05) is 0 Å². The van der Waals surface area contributed by atoms with Crippen LogP contribution in [0.5, 0.6) is 0 Å². The highest BCUT2D eigenvalue weighted by molar-refractivity contribution is 5.76. The number of hydrogen-bond acceptors (Lipinski definition) is 4. The average molecular weight is 495 g/mol. The van der Waals surface area contributed by atoms with Gasteiger partial charge in [0, 0.05) is 51.7 Å². The van der Waals surface area contributed by atoms with Crippen molar-refractivity contribution in [3.63, 3.8) is 0 Å². The number of carbonyl (C=O) groups excluding carboxylic acids is 2. The van der Waals surface area contributed by atoms with Crippen molar-refractivity contribution in [1.82, 2.24) is 14.7 Å². The lowest BCUT2D eigenvalue weighted by atomic mass is 9.98. The summed E-state index contributed by atoms with van der Waals surface area (Å²) in [4.78, 5) is 29.2. The van der Waals surface area contributed by atoms with Gasteiger partial charge in [-0.1, -0.05) is 0 Å². The van der Waals surface area contributed by atoms with Crippen molar-refractivity contribution in [3.05, 3.63) is 28.8 Å². The summed E-state index contributed by atoms with van der Waals surface area (Å²) in [5.41, 5.74) is 5.72. The van der Waals surface area contributed by atoms with Gasteiger partial charge in [0.1, 0.15) is 0 Å². The molecule has 2 aliphatic rings. The van der Waals surface area contributed by atoms with Crippen LogP contribution in [-0.2, 0) is 23.6 Å². The fraction of sp³-hybridized carbons (Fsp3) is 0.619. The SMILES string of the molecule is NC(=O)N1CCN(C2CCN(C(=O)CCc3cc(C(F)(F)F)c(N)c(C(F)(F)F)c3)CC2)CC1. The summed E-state index contributed by atoms with van der Waals surface area (Å²) in [6.07, 6.45) is -9.17. The highest BCUT2D eigenvalue weighted by Gasteiger charge is 2.40. The Hall–Kier alpha value is -2.70. The Bertz CT molecular complexity index is 869. The molecule has 0 aliphatic carbocycles. The molecule has 4 N–H and O–H groups in total. The van der Waals surface area contributed by atoms with Gasteiger partial charge in [0.2, 0.25) is 5.91 Å². The monoisotopic (exact) mass is 495 g/mol. The summed E-state index contributed by atoms with van der Waals surface area (Å²) in [5.74, 6) is -0.323. The third-order valence-electron chi connectivity index (χ3n) is 6.44. The molecule has 0 aromatic heterocycles. The fourth-order valence-corrected chi connectivity index (χ4v) is 4.52. The van der Waals surface area contributed by atoms with Gasteiger partial charge < -0.3 is 21.3 Å². The molecule has 13 heteroatoms. The molecule has 1 aromatic rings. The maximum Gasteiger partial charge on any atom is 0.418 e. The van der Waals surface area contributed by atoms with Crippen LogP contribution in [0.4, 0.5) is 36.8 Å². The van der Waals surface area contributed by atoms with Crippen LogP contribution in [0.15, 0.2) is 12.1 Å². The number of urea groups is 1. The van der Waals surface area contributed by atoms with Gasteiger partial charge in [-0.3, -0.25) is 9.69 Å². The van der Waals surface area contributed by atoms with Crippen LogP contribution < -0.4 is 11.5 Å². The number of alkyl halides is 6. The van der Waals surface area contributed by atoms with E-state index in [2.05, 4.69) is 4.90 Å². The fourth-order valence-electron chi connectivity index (χ4n) is 4.52. The van der Waals surface area contributed by atoms with Crippen molar-refractivity contribution < 1.29 is 35.9 Å². The van der Waals surface area contributed by atoms with Crippen LogP contribution in [-0.4, -0.2) is 71.9 Å². The van der Waals surface area contributed by atoms with E-state index in [4.69, 9.17) is 11.5 Å². The number of carbonyl (C=O) groups is 2. The Balaban J connectivity index is 1.57. The molecule has 0 unspecified atom stereocenters. The van der Waals surface area contributed by atoms with Crippen LogP contribution in [0.2, 0.25) is 0 Å². The molecule has 2 saturated heterocycles. The summed E-state index contributed by atoms with van der Waals surface area (Å²) in [6, 6.07) is 0.941. The summed E-state index contributed by atoms with van der Waals surface area (Å²) >= 11 is 0. The van der Waals surface area contributed by atoms with Crippen LogP contribution in [0.3, 0.4) is 0 Å². The maximum atomic E-state index is 13.2. The number of likely N-dealkylation sites (tertiary alicyclic amines) is 1. The lowest BCUT2D eigenvalue weighted by molar-refractivity contribution is -0.141. The first-order valence-electron chi connectivity index (χ1n) is 10.9. The molecule has 0 atom stereocenters. The van der Waals surface area contributed by atoms with Crippen molar-refractivity contribution in [2.24, 2.45) is 5.73 Å². The molecule has 3 rings (SSSR count). The number of rotatable bonds is 4. The number of amides is 3. The number of nitrogens with zero attached hydrogens (tertiary/aromatic N) is 3. The van der Waals surface area contributed by atoms with E-state index in [0.29, 0.717) is 64.2 Å². The summed E-state index contributed by atoms with van der Waals surface area (Å²) in [5, 5.41) is 0. The second kappa shape index (κ2) is 9.88. The van der Waals surface area contributed by atoms with E-state index in [9.17, 15) is 35.9 Å². The lowest BCUT2D eigenvalue weighted by Gasteiger charge is -2.42. The molecular formula is C21H27F6N5O2. The molecule has 0 saturated carbocycles. The third-order valence-corrected chi connectivity index (χ3v) is 6.44. The minimum absolute atomic E-state index is 0.208. The normalized spacial score (nSPS) is 18.9. The van der Waals surface area contributed by atoms with E-state index in [-0.39, 0.29) is 30.4 Å². The predicted octanol–water partition coefficient (Wildman–Crippen LogP) is 2.93. The Morgan fingerprint density at radius 2 is 1.35 bits per heavy atom. The average Bonchev–Trinajstić information content (AvgIpc) is 2.76. The minimum atomic E-state index is -5.05. The molecular weight excluding hydrogens is 468 g/mol. The number of hydrogen-bond donors (Lipinski definition) is 2. The molecule has 1 aromatic carbocycles. The summed E-state index contributed by atoms with van der Waals surface area (Å²) < 4.78 is 79.1. The van der Waals surface area contributed by atoms with Crippen molar-refractivity contribution in [2.45, 2.75) is 44.1 Å². The van der Waals surface area contributed by atoms with Crippen molar-refractivity contribution in [3.8, 4) is 0 Å². The highest BCUT2D eigenvalue weighted by atomic mass is 19.4. The Kier molecular flexibility index (Phi) is 7.53. The smallest absolute Gasteiger partial charge is 0.398 e. The van der Waals surface area contributed by atoms with Crippen molar-refractivity contribution >= 4 is 17.6 Å². The number of nitrogen functional groups attached to an aromatic ring is 1. The van der Waals surface area contributed by atoms with Crippen LogP contribution in [0.1, 0.15) is 36.0 Å². The van der Waals surface area contributed by atoms with Gasteiger partial charge in [-0.15, -0.1) is 0 Å². The van der Waals surface area contributed by atoms with Gasteiger partial charge in [0.25, 0.3) is 0 Å². The Morgan fingerprint density at radius 3 is 1.79 bits per heavy atom. The zero-order valence-electron chi connectivity index (χ0n) is 18.4. The van der Waals surface area contributed by atoms with Gasteiger partial charge >= 0.3 is 18.4 Å². The molecule has 2 heterocycles. The number of halogens is 6. The first kappa shape index (κ1) is 25.9. The van der Waals surface area contributed by atoms with Crippen molar-refractivity contribution in [2.75, 3.05) is 45.0 Å². The third kappa shape index (κ3) is 6.05. The number of nitrogens with two attached hydrogens (primary N) is 2.